The number of anilines is 2. The molecule has 0 spiro atoms. The summed E-state index contributed by atoms with van der Waals surface area (Å²) in [5.41, 5.74) is 2.43. The van der Waals surface area contributed by atoms with E-state index in [4.69, 9.17) is 14.2 Å². The Morgan fingerprint density at radius 2 is 1.48 bits per heavy atom. The van der Waals surface area contributed by atoms with Gasteiger partial charge in [0.05, 0.1) is 31.6 Å². The second kappa shape index (κ2) is 17.4. The van der Waals surface area contributed by atoms with Crippen molar-refractivity contribution in [2.45, 2.75) is 30.4 Å². The Hall–Kier alpha value is -5.55. The van der Waals surface area contributed by atoms with Gasteiger partial charge in [-0.15, -0.1) is 11.8 Å². The van der Waals surface area contributed by atoms with E-state index in [1.165, 1.54) is 26.0 Å². The third kappa shape index (κ3) is 9.73. The van der Waals surface area contributed by atoms with Crippen LogP contribution in [0.25, 0.3) is 6.08 Å². The van der Waals surface area contributed by atoms with Gasteiger partial charge in [-0.25, -0.2) is 4.79 Å². The monoisotopic (exact) mass is 667 g/mol. The SMILES string of the molecule is CCOC(=O)c1ccc(NC(=O)C(CC)Sc2cccc(NC(=O)/C(=C\c3ccc(OC)c(OC)c3)NC(=O)c3ccccc3)c2)cc1. The highest BCUT2D eigenvalue weighted by Crippen LogP contribution is 2.30. The minimum atomic E-state index is -0.549. The summed E-state index contributed by atoms with van der Waals surface area (Å²) >= 11 is 1.35. The first-order valence-corrected chi connectivity index (χ1v) is 16.1. The summed E-state index contributed by atoms with van der Waals surface area (Å²) in [4.78, 5) is 52.5. The summed E-state index contributed by atoms with van der Waals surface area (Å²) in [6.07, 6.45) is 2.09. The standard InChI is InChI=1S/C37H37N3O7S/c1-5-33(36(43)38-27-18-16-26(17-19-27)37(44)47-6-2)48-29-14-10-13-28(23-29)39-35(42)30(40-34(41)25-11-8-7-9-12-25)21-24-15-20-31(45-3)32(22-24)46-4/h7-23,33H,5-6H2,1-4H3,(H,38,43)(H,39,42)(H,40,41)/b30-21+. The van der Waals surface area contributed by atoms with Crippen LogP contribution in [0.15, 0.2) is 108 Å². The number of methoxy groups -OCH3 is 2. The average molecular weight is 668 g/mol. The van der Waals surface area contributed by atoms with Crippen LogP contribution in [0.4, 0.5) is 11.4 Å². The van der Waals surface area contributed by atoms with Crippen molar-refractivity contribution in [2.75, 3.05) is 31.5 Å². The van der Waals surface area contributed by atoms with Crippen LogP contribution < -0.4 is 25.4 Å². The van der Waals surface area contributed by atoms with Crippen LogP contribution in [0.5, 0.6) is 11.5 Å². The molecular formula is C37H37N3O7S. The maximum absolute atomic E-state index is 13.6. The number of carbonyl (C=O) groups is 4. The zero-order valence-electron chi connectivity index (χ0n) is 27.1. The molecule has 1 unspecified atom stereocenters. The molecule has 0 aliphatic carbocycles. The Bertz CT molecular complexity index is 1780. The second-order valence-electron chi connectivity index (χ2n) is 10.3. The first-order chi connectivity index (χ1) is 23.2. The van der Waals surface area contributed by atoms with Crippen LogP contribution in [-0.2, 0) is 14.3 Å². The summed E-state index contributed by atoms with van der Waals surface area (Å²) in [5, 5.41) is 8.06. The van der Waals surface area contributed by atoms with Crippen LogP contribution in [0.3, 0.4) is 0 Å². The van der Waals surface area contributed by atoms with Crippen molar-refractivity contribution >= 4 is 52.9 Å². The molecule has 0 saturated heterocycles. The van der Waals surface area contributed by atoms with E-state index in [0.29, 0.717) is 46.0 Å². The molecule has 0 heterocycles. The fraction of sp³-hybridized carbons (Fsp3) is 0.189. The Kier molecular flexibility index (Phi) is 12.8. The normalized spacial score (nSPS) is 11.5. The molecule has 48 heavy (non-hydrogen) atoms. The van der Waals surface area contributed by atoms with Gasteiger partial charge in [0.25, 0.3) is 11.8 Å². The van der Waals surface area contributed by atoms with Crippen molar-refractivity contribution in [2.24, 2.45) is 0 Å². The minimum Gasteiger partial charge on any atom is -0.493 e. The van der Waals surface area contributed by atoms with Gasteiger partial charge >= 0.3 is 5.97 Å². The number of rotatable bonds is 14. The van der Waals surface area contributed by atoms with Crippen molar-refractivity contribution in [3.63, 3.8) is 0 Å². The number of esters is 1. The molecule has 11 heteroatoms. The number of amides is 3. The lowest BCUT2D eigenvalue weighted by atomic mass is 10.1. The zero-order chi connectivity index (χ0) is 34.5. The molecule has 3 amide bonds. The summed E-state index contributed by atoms with van der Waals surface area (Å²) in [5.74, 6) is -0.639. The number of hydrogen-bond donors (Lipinski definition) is 3. The number of thioether (sulfide) groups is 1. The number of hydrogen-bond acceptors (Lipinski definition) is 8. The molecule has 3 N–H and O–H groups in total. The van der Waals surface area contributed by atoms with Gasteiger partial charge in [-0.2, -0.15) is 0 Å². The number of carbonyl (C=O) groups excluding carboxylic acids is 4. The van der Waals surface area contributed by atoms with Crippen molar-refractivity contribution in [1.29, 1.82) is 0 Å². The van der Waals surface area contributed by atoms with Crippen molar-refractivity contribution in [3.8, 4) is 11.5 Å². The fourth-order valence-electron chi connectivity index (χ4n) is 4.51. The number of benzene rings is 4. The molecule has 4 rings (SSSR count). The van der Waals surface area contributed by atoms with Crippen molar-refractivity contribution in [1.82, 2.24) is 5.32 Å². The molecule has 0 saturated carbocycles. The van der Waals surface area contributed by atoms with E-state index >= 15 is 0 Å². The predicted octanol–water partition coefficient (Wildman–Crippen LogP) is 6.80. The Morgan fingerprint density at radius 3 is 2.15 bits per heavy atom. The molecule has 0 aromatic heterocycles. The van der Waals surface area contributed by atoms with E-state index in [1.807, 2.05) is 13.0 Å². The smallest absolute Gasteiger partial charge is 0.338 e. The van der Waals surface area contributed by atoms with Gasteiger partial charge < -0.3 is 30.2 Å². The van der Waals surface area contributed by atoms with Crippen LogP contribution in [0.1, 0.15) is 46.5 Å². The van der Waals surface area contributed by atoms with Gasteiger partial charge in [-0.05, 0) is 91.7 Å². The lowest BCUT2D eigenvalue weighted by Crippen LogP contribution is -2.30. The summed E-state index contributed by atoms with van der Waals surface area (Å²) < 4.78 is 15.7. The number of nitrogens with one attached hydrogen (secondary N) is 3. The van der Waals surface area contributed by atoms with Gasteiger partial charge in [0, 0.05) is 21.8 Å². The van der Waals surface area contributed by atoms with E-state index in [0.717, 1.165) is 4.90 Å². The van der Waals surface area contributed by atoms with Gasteiger partial charge in [-0.3, -0.25) is 14.4 Å². The van der Waals surface area contributed by atoms with E-state index in [-0.39, 0.29) is 18.2 Å². The van der Waals surface area contributed by atoms with Crippen LogP contribution >= 0.6 is 11.8 Å². The third-order valence-electron chi connectivity index (χ3n) is 6.94. The molecule has 0 bridgehead atoms. The molecule has 248 valence electrons. The van der Waals surface area contributed by atoms with E-state index < -0.39 is 23.0 Å². The van der Waals surface area contributed by atoms with Crippen molar-refractivity contribution < 1.29 is 33.4 Å². The highest BCUT2D eigenvalue weighted by molar-refractivity contribution is 8.00. The van der Waals surface area contributed by atoms with E-state index in [1.54, 1.807) is 104 Å². The van der Waals surface area contributed by atoms with Crippen LogP contribution in [-0.4, -0.2) is 49.8 Å². The molecule has 0 radical (unpaired) electrons. The Labute approximate surface area is 283 Å². The van der Waals surface area contributed by atoms with Gasteiger partial charge in [0.1, 0.15) is 5.70 Å². The highest BCUT2D eigenvalue weighted by Gasteiger charge is 2.20. The minimum absolute atomic E-state index is 0.00826. The molecular weight excluding hydrogens is 630 g/mol. The molecule has 0 aliphatic rings. The fourth-order valence-corrected chi connectivity index (χ4v) is 5.52. The van der Waals surface area contributed by atoms with Gasteiger partial charge in [-0.1, -0.05) is 37.3 Å². The van der Waals surface area contributed by atoms with Crippen LogP contribution in [0, 0.1) is 0 Å². The molecule has 0 fully saturated rings. The second-order valence-corrected chi connectivity index (χ2v) is 11.6. The molecule has 4 aromatic rings. The number of ether oxygens (including phenoxy) is 3. The topological polar surface area (TPSA) is 132 Å². The largest absolute Gasteiger partial charge is 0.493 e. The highest BCUT2D eigenvalue weighted by atomic mass is 32.2. The molecule has 4 aromatic carbocycles. The predicted molar refractivity (Wildman–Crippen MR) is 187 cm³/mol. The maximum Gasteiger partial charge on any atom is 0.338 e. The molecule has 10 nitrogen and oxygen atoms in total. The zero-order valence-corrected chi connectivity index (χ0v) is 27.9. The molecule has 0 aliphatic heterocycles. The van der Waals surface area contributed by atoms with Gasteiger partial charge in [0.15, 0.2) is 11.5 Å². The summed E-state index contributed by atoms with van der Waals surface area (Å²) in [6, 6.07) is 27.3. The van der Waals surface area contributed by atoms with Crippen LogP contribution in [0.2, 0.25) is 0 Å². The van der Waals surface area contributed by atoms with Gasteiger partial charge in [0.2, 0.25) is 5.91 Å². The summed E-state index contributed by atoms with van der Waals surface area (Å²) in [7, 11) is 3.04. The first kappa shape index (κ1) is 35.3. The van der Waals surface area contributed by atoms with E-state index in [9.17, 15) is 19.2 Å². The Balaban J connectivity index is 1.50. The average Bonchev–Trinajstić information content (AvgIpc) is 3.11. The lowest BCUT2D eigenvalue weighted by molar-refractivity contribution is -0.116. The van der Waals surface area contributed by atoms with Crippen molar-refractivity contribution in [3.05, 3.63) is 119 Å². The third-order valence-corrected chi connectivity index (χ3v) is 8.30. The lowest BCUT2D eigenvalue weighted by Gasteiger charge is -2.16. The Morgan fingerprint density at radius 1 is 0.750 bits per heavy atom. The van der Waals surface area contributed by atoms with E-state index in [2.05, 4.69) is 16.0 Å². The first-order valence-electron chi connectivity index (χ1n) is 15.2. The quantitative estimate of drug-likeness (QED) is 0.0760. The molecule has 1 atom stereocenters. The summed E-state index contributed by atoms with van der Waals surface area (Å²) in [6.45, 7) is 3.93. The maximum atomic E-state index is 13.6.